The zero-order chi connectivity index (χ0) is 14.3. The molecule has 0 saturated carbocycles. The summed E-state index contributed by atoms with van der Waals surface area (Å²) >= 11 is 12.1. The zero-order valence-corrected chi connectivity index (χ0v) is 12.5. The van der Waals surface area contributed by atoms with Crippen molar-refractivity contribution in [3.8, 4) is 0 Å². The van der Waals surface area contributed by atoms with Gasteiger partial charge < -0.3 is 16.0 Å². The number of benzene rings is 1. The van der Waals surface area contributed by atoms with Gasteiger partial charge in [-0.15, -0.1) is 0 Å². The van der Waals surface area contributed by atoms with Crippen molar-refractivity contribution in [2.24, 2.45) is 5.92 Å². The maximum absolute atomic E-state index is 12.4. The Balaban J connectivity index is 1.77. The summed E-state index contributed by atoms with van der Waals surface area (Å²) in [6.45, 7) is 3.20. The van der Waals surface area contributed by atoms with Crippen molar-refractivity contribution >= 4 is 34.8 Å². The number of nitrogen functional groups attached to an aromatic ring is 1. The predicted molar refractivity (Wildman–Crippen MR) is 81.3 cm³/mol. The van der Waals surface area contributed by atoms with E-state index in [0.717, 1.165) is 32.5 Å². The molecule has 3 N–H and O–H groups in total. The van der Waals surface area contributed by atoms with Crippen LogP contribution in [0.2, 0.25) is 10.0 Å². The van der Waals surface area contributed by atoms with Crippen LogP contribution in [0.25, 0.3) is 0 Å². The monoisotopic (exact) mass is 313 g/mol. The second-order valence-electron chi connectivity index (χ2n) is 5.58. The second-order valence-corrected chi connectivity index (χ2v) is 6.37. The molecule has 2 bridgehead atoms. The summed E-state index contributed by atoms with van der Waals surface area (Å²) in [5.41, 5.74) is 6.53. The Morgan fingerprint density at radius 3 is 2.60 bits per heavy atom. The highest BCUT2D eigenvalue weighted by Crippen LogP contribution is 2.30. The fourth-order valence-electron chi connectivity index (χ4n) is 3.15. The third kappa shape index (κ3) is 2.60. The summed E-state index contributed by atoms with van der Waals surface area (Å²) in [6.07, 6.45) is 2.30. The van der Waals surface area contributed by atoms with Gasteiger partial charge in [-0.25, -0.2) is 0 Å². The predicted octanol–water partition coefficient (Wildman–Crippen LogP) is 2.40. The molecule has 3 aliphatic rings. The Hall–Kier alpha value is -0.970. The molecule has 3 heterocycles. The molecule has 108 valence electrons. The van der Waals surface area contributed by atoms with Crippen molar-refractivity contribution in [3.63, 3.8) is 0 Å². The van der Waals surface area contributed by atoms with Gasteiger partial charge in [-0.1, -0.05) is 23.2 Å². The van der Waals surface area contributed by atoms with Crippen LogP contribution in [0.3, 0.4) is 0 Å². The molecule has 0 aliphatic carbocycles. The van der Waals surface area contributed by atoms with Gasteiger partial charge in [0.2, 0.25) is 0 Å². The van der Waals surface area contributed by atoms with Crippen molar-refractivity contribution in [1.29, 1.82) is 0 Å². The van der Waals surface area contributed by atoms with Gasteiger partial charge in [0, 0.05) is 18.3 Å². The Morgan fingerprint density at radius 1 is 1.30 bits per heavy atom. The van der Waals surface area contributed by atoms with Gasteiger partial charge in [0.05, 0.1) is 15.6 Å². The van der Waals surface area contributed by atoms with Crippen LogP contribution in [0, 0.1) is 5.92 Å². The van der Waals surface area contributed by atoms with Crippen molar-refractivity contribution in [1.82, 2.24) is 10.2 Å². The molecule has 1 unspecified atom stereocenters. The van der Waals surface area contributed by atoms with E-state index in [0.29, 0.717) is 22.2 Å². The molecule has 3 fully saturated rings. The first-order valence-electron chi connectivity index (χ1n) is 6.82. The van der Waals surface area contributed by atoms with Crippen LogP contribution in [0.1, 0.15) is 23.2 Å². The molecule has 3 aliphatic heterocycles. The molecule has 1 atom stereocenters. The van der Waals surface area contributed by atoms with Gasteiger partial charge in [0.15, 0.2) is 0 Å². The number of fused-ring (bicyclic) bond motifs is 3. The minimum atomic E-state index is -0.192. The topological polar surface area (TPSA) is 58.4 Å². The van der Waals surface area contributed by atoms with Crippen molar-refractivity contribution in [2.45, 2.75) is 18.9 Å². The van der Waals surface area contributed by atoms with Gasteiger partial charge in [0.1, 0.15) is 0 Å². The third-order valence-electron chi connectivity index (χ3n) is 4.27. The third-order valence-corrected chi connectivity index (χ3v) is 5.07. The number of nitrogens with zero attached hydrogens (tertiary/aromatic N) is 1. The Labute approximate surface area is 128 Å². The summed E-state index contributed by atoms with van der Waals surface area (Å²) in [7, 11) is 0. The SMILES string of the molecule is Nc1cc(Cl)c(Cl)c(C(=O)NC2CN3CCC2CC3)c1. The summed E-state index contributed by atoms with van der Waals surface area (Å²) in [6, 6.07) is 3.32. The van der Waals surface area contributed by atoms with E-state index in [1.54, 1.807) is 12.1 Å². The summed E-state index contributed by atoms with van der Waals surface area (Å²) in [4.78, 5) is 14.8. The average molecular weight is 314 g/mol. The second kappa shape index (κ2) is 5.43. The van der Waals surface area contributed by atoms with Gasteiger partial charge in [-0.3, -0.25) is 4.79 Å². The maximum atomic E-state index is 12.4. The lowest BCUT2D eigenvalue weighted by molar-refractivity contribution is 0.0620. The van der Waals surface area contributed by atoms with Crippen LogP contribution in [-0.4, -0.2) is 36.5 Å². The van der Waals surface area contributed by atoms with Gasteiger partial charge in [0.25, 0.3) is 5.91 Å². The van der Waals surface area contributed by atoms with Crippen molar-refractivity contribution in [3.05, 3.63) is 27.7 Å². The molecular weight excluding hydrogens is 297 g/mol. The van der Waals surface area contributed by atoms with E-state index in [4.69, 9.17) is 28.9 Å². The molecule has 4 rings (SSSR count). The number of halogens is 2. The molecule has 0 spiro atoms. The number of rotatable bonds is 2. The van der Waals surface area contributed by atoms with Crippen LogP contribution in [0.5, 0.6) is 0 Å². The zero-order valence-electron chi connectivity index (χ0n) is 11.0. The molecule has 0 aromatic heterocycles. The standard InChI is InChI=1S/C14H17Cl2N3O/c15-11-6-9(17)5-10(13(11)16)14(20)18-12-7-19-3-1-8(12)2-4-19/h5-6,8,12H,1-4,7,17H2,(H,18,20). The normalized spacial score (nSPS) is 28.4. The van der Waals surface area contributed by atoms with Crippen molar-refractivity contribution < 1.29 is 4.79 Å². The first-order chi connectivity index (χ1) is 9.54. The quantitative estimate of drug-likeness (QED) is 0.824. The summed E-state index contributed by atoms with van der Waals surface area (Å²) < 4.78 is 0. The van der Waals surface area contributed by atoms with Gasteiger partial charge in [-0.2, -0.15) is 0 Å². The molecule has 6 heteroatoms. The molecule has 1 aromatic rings. The number of amides is 1. The molecule has 1 aromatic carbocycles. The minimum Gasteiger partial charge on any atom is -0.399 e. The molecule has 0 radical (unpaired) electrons. The Bertz CT molecular complexity index is 541. The highest BCUT2D eigenvalue weighted by Gasteiger charge is 2.35. The number of nitrogens with two attached hydrogens (primary N) is 1. The molecule has 20 heavy (non-hydrogen) atoms. The number of piperidine rings is 3. The first-order valence-corrected chi connectivity index (χ1v) is 7.58. The van der Waals surface area contributed by atoms with Crippen LogP contribution in [0.4, 0.5) is 5.69 Å². The minimum absolute atomic E-state index is 0.192. The highest BCUT2D eigenvalue weighted by molar-refractivity contribution is 6.44. The van der Waals surface area contributed by atoms with Crippen LogP contribution in [0.15, 0.2) is 12.1 Å². The number of hydrogen-bond acceptors (Lipinski definition) is 3. The lowest BCUT2D eigenvalue weighted by Gasteiger charge is -2.44. The van der Waals surface area contributed by atoms with Gasteiger partial charge >= 0.3 is 0 Å². The highest BCUT2D eigenvalue weighted by atomic mass is 35.5. The molecule has 1 amide bonds. The van der Waals surface area contributed by atoms with E-state index in [2.05, 4.69) is 10.2 Å². The molecule has 4 nitrogen and oxygen atoms in total. The van der Waals surface area contributed by atoms with Crippen LogP contribution in [-0.2, 0) is 0 Å². The fourth-order valence-corrected chi connectivity index (χ4v) is 3.57. The largest absolute Gasteiger partial charge is 0.399 e. The smallest absolute Gasteiger partial charge is 0.253 e. The maximum Gasteiger partial charge on any atom is 0.253 e. The number of hydrogen-bond donors (Lipinski definition) is 2. The van der Waals surface area contributed by atoms with E-state index >= 15 is 0 Å². The fraction of sp³-hybridized carbons (Fsp3) is 0.500. The van der Waals surface area contributed by atoms with Crippen LogP contribution >= 0.6 is 23.2 Å². The summed E-state index contributed by atoms with van der Waals surface area (Å²) in [5.74, 6) is 0.377. The van der Waals surface area contributed by atoms with E-state index < -0.39 is 0 Å². The van der Waals surface area contributed by atoms with E-state index in [1.165, 1.54) is 0 Å². The van der Waals surface area contributed by atoms with E-state index in [9.17, 15) is 4.79 Å². The van der Waals surface area contributed by atoms with Crippen LogP contribution < -0.4 is 11.1 Å². The molecular formula is C14H17Cl2N3O. The average Bonchev–Trinajstić information content (AvgIpc) is 2.44. The lowest BCUT2D eigenvalue weighted by atomic mass is 9.84. The number of carbonyl (C=O) groups is 1. The Kier molecular flexibility index (Phi) is 3.80. The van der Waals surface area contributed by atoms with E-state index in [-0.39, 0.29) is 17.0 Å². The number of carbonyl (C=O) groups excluding carboxylic acids is 1. The summed E-state index contributed by atoms with van der Waals surface area (Å²) in [5, 5.41) is 3.66. The Morgan fingerprint density at radius 2 is 2.00 bits per heavy atom. The lowest BCUT2D eigenvalue weighted by Crippen LogP contribution is -2.57. The molecule has 3 saturated heterocycles. The van der Waals surface area contributed by atoms with E-state index in [1.807, 2.05) is 0 Å². The first kappa shape index (κ1) is 14.0. The number of nitrogens with one attached hydrogen (secondary N) is 1. The van der Waals surface area contributed by atoms with Gasteiger partial charge in [-0.05, 0) is 44.0 Å². The number of anilines is 1. The van der Waals surface area contributed by atoms with Crippen molar-refractivity contribution in [2.75, 3.05) is 25.4 Å².